The molecule has 0 heterocycles. The van der Waals surface area contributed by atoms with Crippen LogP contribution in [0.4, 0.5) is 5.69 Å². The summed E-state index contributed by atoms with van der Waals surface area (Å²) in [6, 6.07) is 2.22. The third-order valence-corrected chi connectivity index (χ3v) is 8.85. The molecule has 0 aromatic heterocycles. The van der Waals surface area contributed by atoms with Crippen LogP contribution in [0.3, 0.4) is 0 Å². The van der Waals surface area contributed by atoms with Crippen LogP contribution in [-0.2, 0) is 9.59 Å². The van der Waals surface area contributed by atoms with E-state index >= 15 is 0 Å². The Labute approximate surface area is 219 Å². The summed E-state index contributed by atoms with van der Waals surface area (Å²) < 4.78 is 0. The van der Waals surface area contributed by atoms with Crippen LogP contribution in [0.2, 0.25) is 0 Å². The van der Waals surface area contributed by atoms with Gasteiger partial charge in [-0.3, -0.25) is 19.3 Å². The number of aliphatic hydroxyl groups is 4. The number of fused-ring (bicyclic) bond motifs is 3. The Morgan fingerprint density at radius 2 is 1.76 bits per heavy atom. The van der Waals surface area contributed by atoms with Gasteiger partial charge in [-0.05, 0) is 44.5 Å². The molecule has 1 fully saturated rings. The molecule has 5 rings (SSSR count). The number of hydrogen-bond donors (Lipinski definition) is 7. The van der Waals surface area contributed by atoms with Crippen LogP contribution in [0.1, 0.15) is 54.4 Å². The number of benzene rings is 1. The Morgan fingerprint density at radius 1 is 1.13 bits per heavy atom. The highest BCUT2D eigenvalue weighted by Gasteiger charge is 2.67. The minimum absolute atomic E-state index is 0.0894. The number of hydrogen-bond acceptors (Lipinski definition) is 10. The van der Waals surface area contributed by atoms with Gasteiger partial charge in [-0.15, -0.1) is 0 Å². The monoisotopic (exact) mass is 527 g/mol. The number of primary amides is 1. The molecule has 0 unspecified atom stereocenters. The number of phenols is 1. The molecule has 0 saturated heterocycles. The quantitative estimate of drug-likeness (QED) is 0.219. The number of ketones is 2. The minimum atomic E-state index is -2.92. The second-order valence-electron chi connectivity index (χ2n) is 11.1. The smallest absolute Gasteiger partial charge is 0.255 e. The van der Waals surface area contributed by atoms with Crippen LogP contribution in [0.5, 0.6) is 5.75 Å². The molecule has 204 valence electrons. The lowest BCUT2D eigenvalue weighted by atomic mass is 9.55. The van der Waals surface area contributed by atoms with E-state index in [2.05, 4.69) is 5.32 Å². The normalized spacial score (nSPS) is 33.4. The van der Waals surface area contributed by atoms with Gasteiger partial charge in [0.2, 0.25) is 5.78 Å². The first kappa shape index (κ1) is 26.2. The van der Waals surface area contributed by atoms with Crippen LogP contribution >= 0.6 is 0 Å². The number of nitrogens with one attached hydrogen (secondary N) is 1. The summed E-state index contributed by atoms with van der Waals surface area (Å²) in [5, 5.41) is 60.1. The largest absolute Gasteiger partial charge is 0.510 e. The molecule has 1 aromatic rings. The predicted molar refractivity (Wildman–Crippen MR) is 136 cm³/mol. The Bertz CT molecular complexity index is 1310. The Kier molecular flexibility index (Phi) is 6.08. The van der Waals surface area contributed by atoms with Gasteiger partial charge in [0.15, 0.2) is 11.4 Å². The lowest BCUT2D eigenvalue weighted by molar-refractivity contribution is -0.162. The molecule has 0 radical (unpaired) electrons. The summed E-state index contributed by atoms with van der Waals surface area (Å²) in [6.45, 7) is 1.71. The maximum Gasteiger partial charge on any atom is 0.255 e. The van der Waals surface area contributed by atoms with Crippen molar-refractivity contribution in [3.05, 3.63) is 45.9 Å². The highest BCUT2D eigenvalue weighted by molar-refractivity contribution is 6.25. The number of rotatable bonds is 4. The zero-order valence-corrected chi connectivity index (χ0v) is 21.4. The first-order chi connectivity index (χ1) is 17.8. The minimum Gasteiger partial charge on any atom is -0.510 e. The van der Waals surface area contributed by atoms with Crippen molar-refractivity contribution >= 4 is 23.2 Å². The summed E-state index contributed by atoms with van der Waals surface area (Å²) in [5.41, 5.74) is 1.80. The lowest BCUT2D eigenvalue weighted by Gasteiger charge is -2.53. The fourth-order valence-corrected chi connectivity index (χ4v) is 7.03. The van der Waals surface area contributed by atoms with Crippen molar-refractivity contribution in [2.45, 2.75) is 62.3 Å². The number of Topliss-reactive ketones (excluding diaryl/α,β-unsaturated/α-hetero) is 2. The van der Waals surface area contributed by atoms with Gasteiger partial charge in [-0.1, -0.05) is 25.8 Å². The molecule has 0 spiro atoms. The summed E-state index contributed by atoms with van der Waals surface area (Å²) in [7, 11) is 3.00. The maximum absolute atomic E-state index is 13.9. The number of phenolic OH excluding ortho intramolecular Hbond substituents is 1. The van der Waals surface area contributed by atoms with E-state index in [1.165, 1.54) is 19.0 Å². The lowest BCUT2D eigenvalue weighted by Crippen LogP contribution is -2.68. The van der Waals surface area contributed by atoms with Crippen molar-refractivity contribution in [3.63, 3.8) is 0 Å². The highest BCUT2D eigenvalue weighted by Crippen LogP contribution is 2.56. The summed E-state index contributed by atoms with van der Waals surface area (Å²) in [6.07, 6.45) is 2.35. The van der Waals surface area contributed by atoms with E-state index in [9.17, 15) is 39.9 Å². The SMILES string of the molecule is C[C@H]1c2ccc(NC3CCCC3)c(O)c2C(=O)C2=C(O)[C@]3(O)C(=O)C(C(N)=O)=C(O)[C@@H](N(C)C)[C@@H]3[C@@H](O)[C@@H]21. The molecular weight excluding hydrogens is 494 g/mol. The van der Waals surface area contributed by atoms with Crippen molar-refractivity contribution in [1.29, 1.82) is 0 Å². The third kappa shape index (κ3) is 3.35. The van der Waals surface area contributed by atoms with Gasteiger partial charge in [-0.25, -0.2) is 0 Å². The Morgan fingerprint density at radius 3 is 2.34 bits per heavy atom. The molecule has 4 aliphatic rings. The fraction of sp³-hybridized carbons (Fsp3) is 0.519. The average Bonchev–Trinajstić information content (AvgIpc) is 3.35. The molecule has 11 heteroatoms. The summed E-state index contributed by atoms with van der Waals surface area (Å²) in [5.74, 6) is -8.87. The molecule has 0 bridgehead atoms. The predicted octanol–water partition coefficient (Wildman–Crippen LogP) is 1.01. The van der Waals surface area contributed by atoms with Gasteiger partial charge in [0.05, 0.1) is 29.3 Å². The number of amides is 1. The fourth-order valence-electron chi connectivity index (χ4n) is 7.03. The number of anilines is 1. The van der Waals surface area contributed by atoms with Crippen molar-refractivity contribution in [3.8, 4) is 5.75 Å². The van der Waals surface area contributed by atoms with E-state index in [0.29, 0.717) is 11.3 Å². The molecule has 6 atom stereocenters. The van der Waals surface area contributed by atoms with Crippen LogP contribution in [0.15, 0.2) is 34.8 Å². The zero-order chi connectivity index (χ0) is 27.8. The van der Waals surface area contributed by atoms with Crippen molar-refractivity contribution < 1.29 is 39.9 Å². The summed E-state index contributed by atoms with van der Waals surface area (Å²) in [4.78, 5) is 40.8. The van der Waals surface area contributed by atoms with Gasteiger partial charge >= 0.3 is 0 Å². The van der Waals surface area contributed by atoms with Gasteiger partial charge in [0.25, 0.3) is 5.91 Å². The van der Waals surface area contributed by atoms with Gasteiger partial charge < -0.3 is 36.6 Å². The van der Waals surface area contributed by atoms with Crippen molar-refractivity contribution in [2.75, 3.05) is 19.4 Å². The number of nitrogens with zero attached hydrogens (tertiary/aromatic N) is 1. The van der Waals surface area contributed by atoms with E-state index in [1.807, 2.05) is 0 Å². The number of likely N-dealkylation sites (N-methyl/N-ethyl adjacent to an activating group) is 1. The molecule has 1 amide bonds. The number of carbonyl (C=O) groups excluding carboxylic acids is 3. The Balaban J connectivity index is 1.71. The van der Waals surface area contributed by atoms with Gasteiger partial charge in [0.1, 0.15) is 22.8 Å². The topological polar surface area (TPSA) is 194 Å². The molecular formula is C27H33N3O8. The number of aromatic hydroxyl groups is 1. The average molecular weight is 528 g/mol. The van der Waals surface area contributed by atoms with Gasteiger partial charge in [-0.2, -0.15) is 0 Å². The van der Waals surface area contributed by atoms with E-state index in [0.717, 1.165) is 25.7 Å². The van der Waals surface area contributed by atoms with Gasteiger partial charge in [0, 0.05) is 17.5 Å². The Hall–Kier alpha value is -3.41. The van der Waals surface area contributed by atoms with Crippen LogP contribution < -0.4 is 11.1 Å². The second kappa shape index (κ2) is 8.82. The molecule has 0 aliphatic heterocycles. The first-order valence-electron chi connectivity index (χ1n) is 12.8. The molecule has 38 heavy (non-hydrogen) atoms. The second-order valence-corrected chi connectivity index (χ2v) is 11.1. The maximum atomic E-state index is 13.9. The number of carbonyl (C=O) groups is 3. The number of nitrogens with two attached hydrogens (primary N) is 1. The van der Waals surface area contributed by atoms with Crippen molar-refractivity contribution in [2.24, 2.45) is 17.6 Å². The number of aliphatic hydroxyl groups excluding tert-OH is 3. The van der Waals surface area contributed by atoms with E-state index in [-0.39, 0.29) is 17.4 Å². The standard InChI is InChI=1S/C27H33N3O8/c1-10-12-8-9-13(29-11-6-4-5-7-11)20(31)15(12)21(32)16-14(10)22(33)18-19(30(2)3)23(34)17(26(28)37)25(36)27(18,38)24(16)35/h8-11,14,18-19,22,29,31,33-35,38H,4-7H2,1-3H3,(H2,28,37)/t10-,14+,18+,19-,22-,27-/m0/s1. The zero-order valence-electron chi connectivity index (χ0n) is 21.4. The molecule has 1 saturated carbocycles. The van der Waals surface area contributed by atoms with E-state index in [1.54, 1.807) is 19.1 Å². The van der Waals surface area contributed by atoms with E-state index in [4.69, 9.17) is 5.73 Å². The third-order valence-electron chi connectivity index (χ3n) is 8.85. The highest BCUT2D eigenvalue weighted by atomic mass is 16.4. The van der Waals surface area contributed by atoms with Crippen LogP contribution in [-0.4, -0.2) is 85.8 Å². The molecule has 4 aliphatic carbocycles. The first-order valence-corrected chi connectivity index (χ1v) is 12.8. The molecule has 11 nitrogen and oxygen atoms in total. The van der Waals surface area contributed by atoms with Crippen molar-refractivity contribution in [1.82, 2.24) is 4.90 Å². The molecule has 8 N–H and O–H groups in total. The van der Waals surface area contributed by atoms with E-state index < -0.39 is 75.6 Å². The van der Waals surface area contributed by atoms with Crippen LogP contribution in [0, 0.1) is 11.8 Å². The van der Waals surface area contributed by atoms with Crippen LogP contribution in [0.25, 0.3) is 0 Å². The summed E-state index contributed by atoms with van der Waals surface area (Å²) >= 11 is 0. The molecule has 1 aromatic carbocycles.